The van der Waals surface area contributed by atoms with Crippen LogP contribution in [0.3, 0.4) is 0 Å². The fourth-order valence-electron chi connectivity index (χ4n) is 6.04. The van der Waals surface area contributed by atoms with E-state index in [1.165, 1.54) is 4.90 Å². The van der Waals surface area contributed by atoms with Crippen LogP contribution in [0.2, 0.25) is 0 Å². The Hall–Kier alpha value is -4.01. The quantitative estimate of drug-likeness (QED) is 0.287. The Balaban J connectivity index is 1.61. The van der Waals surface area contributed by atoms with E-state index >= 15 is 0 Å². The lowest BCUT2D eigenvalue weighted by atomic mass is 9.96. The molecule has 1 heterocycles. The van der Waals surface area contributed by atoms with Crippen LogP contribution in [0.4, 0.5) is 0 Å². The SMILES string of the molecule is CN(C(=O)CCCC(C)(C)N)[C@H](Cc1ccc(-c2ccccc2)cc1)C(=O)N(C)[C@H](Cc1ccccc1)C(=O)N1CCC(O)CC1. The fourth-order valence-corrected chi connectivity index (χ4v) is 6.04. The molecule has 3 N–H and O–H groups in total. The molecule has 8 nitrogen and oxygen atoms in total. The number of likely N-dealkylation sites (N-methyl/N-ethyl adjacent to an activating group) is 2. The first-order valence-corrected chi connectivity index (χ1v) is 16.4. The number of hydrogen-bond donors (Lipinski definition) is 2. The van der Waals surface area contributed by atoms with Gasteiger partial charge in [-0.3, -0.25) is 14.4 Å². The van der Waals surface area contributed by atoms with Crippen molar-refractivity contribution < 1.29 is 19.5 Å². The molecule has 8 heteroatoms. The molecule has 1 aliphatic rings. The molecule has 0 radical (unpaired) electrons. The van der Waals surface area contributed by atoms with Crippen molar-refractivity contribution in [2.75, 3.05) is 27.2 Å². The maximum atomic E-state index is 14.5. The molecule has 0 spiro atoms. The zero-order chi connectivity index (χ0) is 33.3. The molecular formula is C38H50N4O4. The molecule has 0 saturated carbocycles. The minimum absolute atomic E-state index is 0.132. The first-order chi connectivity index (χ1) is 21.9. The van der Waals surface area contributed by atoms with E-state index in [9.17, 15) is 19.5 Å². The minimum atomic E-state index is -0.805. The third-order valence-electron chi connectivity index (χ3n) is 9.00. The maximum Gasteiger partial charge on any atom is 0.246 e. The minimum Gasteiger partial charge on any atom is -0.393 e. The molecule has 3 amide bonds. The highest BCUT2D eigenvalue weighted by Gasteiger charge is 2.37. The van der Waals surface area contributed by atoms with E-state index in [-0.39, 0.29) is 29.7 Å². The van der Waals surface area contributed by atoms with Crippen molar-refractivity contribution in [2.45, 2.75) is 82.5 Å². The van der Waals surface area contributed by atoms with Crippen molar-refractivity contribution in [3.63, 3.8) is 0 Å². The van der Waals surface area contributed by atoms with Crippen LogP contribution in [0.5, 0.6) is 0 Å². The van der Waals surface area contributed by atoms with Crippen LogP contribution in [0.1, 0.15) is 57.1 Å². The molecule has 0 unspecified atom stereocenters. The van der Waals surface area contributed by atoms with E-state index in [2.05, 4.69) is 12.1 Å². The van der Waals surface area contributed by atoms with Gasteiger partial charge in [0, 0.05) is 52.0 Å². The number of likely N-dealkylation sites (tertiary alicyclic amines) is 1. The lowest BCUT2D eigenvalue weighted by Gasteiger charge is -2.38. The summed E-state index contributed by atoms with van der Waals surface area (Å²) in [6, 6.07) is 26.3. The van der Waals surface area contributed by atoms with Gasteiger partial charge >= 0.3 is 0 Å². The molecular weight excluding hydrogens is 576 g/mol. The van der Waals surface area contributed by atoms with Gasteiger partial charge in [0.25, 0.3) is 0 Å². The second-order valence-electron chi connectivity index (χ2n) is 13.3. The fraction of sp³-hybridized carbons (Fsp3) is 0.447. The number of rotatable bonds is 13. The predicted molar refractivity (Wildman–Crippen MR) is 183 cm³/mol. The average molecular weight is 627 g/mol. The molecule has 0 aromatic heterocycles. The van der Waals surface area contributed by atoms with E-state index < -0.39 is 18.2 Å². The number of benzene rings is 3. The Morgan fingerprint density at radius 3 is 1.91 bits per heavy atom. The van der Waals surface area contributed by atoms with Crippen LogP contribution in [0, 0.1) is 0 Å². The van der Waals surface area contributed by atoms with Crippen molar-refractivity contribution in [1.29, 1.82) is 0 Å². The average Bonchev–Trinajstić information content (AvgIpc) is 3.05. The number of hydrogen-bond acceptors (Lipinski definition) is 5. The molecule has 1 fully saturated rings. The number of amides is 3. The van der Waals surface area contributed by atoms with Gasteiger partial charge in [0.2, 0.25) is 17.7 Å². The van der Waals surface area contributed by atoms with E-state index in [0.717, 1.165) is 22.3 Å². The van der Waals surface area contributed by atoms with Gasteiger partial charge in [0.1, 0.15) is 12.1 Å². The summed E-state index contributed by atoms with van der Waals surface area (Å²) in [7, 11) is 3.36. The van der Waals surface area contributed by atoms with Gasteiger partial charge in [-0.05, 0) is 61.8 Å². The van der Waals surface area contributed by atoms with Crippen LogP contribution in [0.25, 0.3) is 11.1 Å². The Morgan fingerprint density at radius 2 is 1.33 bits per heavy atom. The van der Waals surface area contributed by atoms with Crippen molar-refractivity contribution in [3.05, 3.63) is 96.1 Å². The molecule has 2 atom stereocenters. The third-order valence-corrected chi connectivity index (χ3v) is 9.00. The summed E-state index contributed by atoms with van der Waals surface area (Å²) < 4.78 is 0. The topological polar surface area (TPSA) is 107 Å². The van der Waals surface area contributed by atoms with Gasteiger partial charge in [-0.25, -0.2) is 0 Å². The predicted octanol–water partition coefficient (Wildman–Crippen LogP) is 4.68. The standard InChI is InChI=1S/C38H50N4O4/c1-38(2,39)23-11-16-35(44)40(3)33(27-29-17-19-31(20-18-29)30-14-9-6-10-15-30)36(45)41(4)34(26-28-12-7-5-8-13-28)37(46)42-24-21-32(43)22-25-42/h5-10,12-15,17-20,32-34,43H,11,16,21-27,39H2,1-4H3/t33-,34-/m1/s1. The van der Waals surface area contributed by atoms with Crippen LogP contribution in [0.15, 0.2) is 84.9 Å². The molecule has 0 bridgehead atoms. The Kier molecular flexibility index (Phi) is 12.1. The van der Waals surface area contributed by atoms with Crippen LogP contribution in [-0.2, 0) is 27.2 Å². The molecule has 3 aromatic rings. The zero-order valence-electron chi connectivity index (χ0n) is 27.8. The van der Waals surface area contributed by atoms with Crippen LogP contribution >= 0.6 is 0 Å². The van der Waals surface area contributed by atoms with Gasteiger partial charge in [-0.1, -0.05) is 84.9 Å². The van der Waals surface area contributed by atoms with E-state index in [1.54, 1.807) is 23.9 Å². The van der Waals surface area contributed by atoms with Gasteiger partial charge in [-0.15, -0.1) is 0 Å². The third kappa shape index (κ3) is 9.74. The Labute approximate surface area is 274 Å². The molecule has 1 aliphatic heterocycles. The number of nitrogens with two attached hydrogens (primary N) is 1. The largest absolute Gasteiger partial charge is 0.393 e. The van der Waals surface area contributed by atoms with Crippen LogP contribution in [-0.4, -0.2) is 88.4 Å². The molecule has 46 heavy (non-hydrogen) atoms. The summed E-state index contributed by atoms with van der Waals surface area (Å²) in [6.07, 6.45) is 2.85. The summed E-state index contributed by atoms with van der Waals surface area (Å²) in [5.41, 5.74) is 9.81. The molecule has 1 saturated heterocycles. The first kappa shape index (κ1) is 34.9. The lowest BCUT2D eigenvalue weighted by molar-refractivity contribution is -0.150. The van der Waals surface area contributed by atoms with E-state index in [4.69, 9.17) is 5.73 Å². The number of carbonyl (C=O) groups excluding carboxylic acids is 3. The smallest absolute Gasteiger partial charge is 0.246 e. The van der Waals surface area contributed by atoms with Gasteiger partial charge < -0.3 is 25.5 Å². The summed E-state index contributed by atoms with van der Waals surface area (Å²) in [5, 5.41) is 10.0. The highest BCUT2D eigenvalue weighted by atomic mass is 16.3. The summed E-state index contributed by atoms with van der Waals surface area (Å²) in [6.45, 7) is 4.77. The monoisotopic (exact) mass is 626 g/mol. The first-order valence-electron chi connectivity index (χ1n) is 16.4. The van der Waals surface area contributed by atoms with Gasteiger partial charge in [0.15, 0.2) is 0 Å². The van der Waals surface area contributed by atoms with Gasteiger partial charge in [0.05, 0.1) is 6.10 Å². The Morgan fingerprint density at radius 1 is 0.804 bits per heavy atom. The zero-order valence-corrected chi connectivity index (χ0v) is 27.8. The van der Waals surface area contributed by atoms with Crippen molar-refractivity contribution in [3.8, 4) is 11.1 Å². The van der Waals surface area contributed by atoms with Crippen molar-refractivity contribution in [1.82, 2.24) is 14.7 Å². The summed E-state index contributed by atoms with van der Waals surface area (Å²) in [4.78, 5) is 46.9. The van der Waals surface area contributed by atoms with Crippen LogP contribution < -0.4 is 5.73 Å². The number of aliphatic hydroxyl groups excluding tert-OH is 1. The molecule has 3 aromatic carbocycles. The van der Waals surface area contributed by atoms with E-state index in [0.29, 0.717) is 51.6 Å². The molecule has 0 aliphatic carbocycles. The normalized spacial score (nSPS) is 15.2. The summed E-state index contributed by atoms with van der Waals surface area (Å²) >= 11 is 0. The van der Waals surface area contributed by atoms with Crippen molar-refractivity contribution >= 4 is 17.7 Å². The summed E-state index contributed by atoms with van der Waals surface area (Å²) in [5.74, 6) is -0.557. The van der Waals surface area contributed by atoms with E-state index in [1.807, 2.05) is 86.6 Å². The number of piperidine rings is 1. The second kappa shape index (κ2) is 16.0. The Bertz CT molecular complexity index is 1410. The lowest BCUT2D eigenvalue weighted by Crippen LogP contribution is -2.57. The highest BCUT2D eigenvalue weighted by molar-refractivity contribution is 5.92. The number of aliphatic hydroxyl groups is 1. The number of carbonyl (C=O) groups is 3. The molecule has 246 valence electrons. The maximum absolute atomic E-state index is 14.5. The highest BCUT2D eigenvalue weighted by Crippen LogP contribution is 2.23. The molecule has 4 rings (SSSR count). The van der Waals surface area contributed by atoms with Gasteiger partial charge in [-0.2, -0.15) is 0 Å². The van der Waals surface area contributed by atoms with Crippen molar-refractivity contribution in [2.24, 2.45) is 5.73 Å². The number of nitrogens with zero attached hydrogens (tertiary/aromatic N) is 3. The second-order valence-corrected chi connectivity index (χ2v) is 13.3.